The molecule has 1 saturated carbocycles. The number of methoxy groups -OCH3 is 1. The summed E-state index contributed by atoms with van der Waals surface area (Å²) in [5.41, 5.74) is 1.10. The van der Waals surface area contributed by atoms with E-state index in [9.17, 15) is 14.7 Å². The summed E-state index contributed by atoms with van der Waals surface area (Å²) in [4.78, 5) is 29.4. The number of Topliss-reactive ketones (excluding diaryl/α,β-unsaturated/α-hetero) is 1. The van der Waals surface area contributed by atoms with Gasteiger partial charge in [0.1, 0.15) is 11.5 Å². The summed E-state index contributed by atoms with van der Waals surface area (Å²) in [6.45, 7) is 5.33. The Hall–Kier alpha value is -2.34. The molecule has 1 saturated heterocycles. The van der Waals surface area contributed by atoms with Gasteiger partial charge >= 0.3 is 0 Å². The molecule has 1 heterocycles. The molecule has 2 aliphatic rings. The van der Waals surface area contributed by atoms with E-state index in [1.54, 1.807) is 7.11 Å². The number of anilines is 1. The molecule has 1 aliphatic heterocycles. The predicted molar refractivity (Wildman–Crippen MR) is 150 cm³/mol. The quantitative estimate of drug-likeness (QED) is 0.238. The van der Waals surface area contributed by atoms with Gasteiger partial charge in [-0.1, -0.05) is 69.7 Å². The van der Waals surface area contributed by atoms with Crippen molar-refractivity contribution in [2.24, 2.45) is 11.8 Å². The molecule has 1 amide bonds. The molecule has 0 unspecified atom stereocenters. The fourth-order valence-corrected chi connectivity index (χ4v) is 5.75. The molecule has 1 N–H and O–H groups in total. The van der Waals surface area contributed by atoms with Gasteiger partial charge in [0.05, 0.1) is 18.9 Å². The molecule has 1 aliphatic carbocycles. The molecule has 0 aromatic heterocycles. The zero-order valence-corrected chi connectivity index (χ0v) is 23.1. The van der Waals surface area contributed by atoms with E-state index in [-0.39, 0.29) is 23.8 Å². The van der Waals surface area contributed by atoms with E-state index in [2.05, 4.69) is 24.0 Å². The minimum atomic E-state index is -0.385. The van der Waals surface area contributed by atoms with Gasteiger partial charge in [-0.3, -0.25) is 9.59 Å². The molecule has 6 nitrogen and oxygen atoms in total. The second kappa shape index (κ2) is 15.8. The summed E-state index contributed by atoms with van der Waals surface area (Å²) in [5, 5.41) is 10.2. The highest BCUT2D eigenvalue weighted by atomic mass is 16.5. The number of carbonyl (C=O) groups is 2. The lowest BCUT2D eigenvalue weighted by Gasteiger charge is -2.36. The lowest BCUT2D eigenvalue weighted by molar-refractivity contribution is -0.131. The Labute approximate surface area is 224 Å². The molecule has 0 radical (unpaired) electrons. The molecule has 3 rings (SSSR count). The highest BCUT2D eigenvalue weighted by molar-refractivity contribution is 5.83. The third-order valence-electron chi connectivity index (χ3n) is 8.05. The van der Waals surface area contributed by atoms with Crippen molar-refractivity contribution in [3.05, 3.63) is 36.4 Å². The molecule has 0 spiro atoms. The Kier molecular flexibility index (Phi) is 12.5. The van der Waals surface area contributed by atoms with Crippen LogP contribution in [0.4, 0.5) is 5.69 Å². The molecule has 6 heteroatoms. The maximum atomic E-state index is 12.7. The normalized spacial score (nSPS) is 21.1. The monoisotopic (exact) mass is 512 g/mol. The maximum absolute atomic E-state index is 12.7. The zero-order valence-electron chi connectivity index (χ0n) is 23.1. The average Bonchev–Trinajstić information content (AvgIpc) is 3.28. The summed E-state index contributed by atoms with van der Waals surface area (Å²) in [6.07, 6.45) is 15.0. The van der Waals surface area contributed by atoms with E-state index < -0.39 is 0 Å². The van der Waals surface area contributed by atoms with Crippen LogP contribution in [0.1, 0.15) is 84.0 Å². The van der Waals surface area contributed by atoms with Crippen molar-refractivity contribution in [1.82, 2.24) is 4.90 Å². The standard InChI is InChI=1S/C31H48N2O4/c1-3-4-7-12-26(34)19-17-25-18-20-29(35)27(25)13-8-5-6-9-16-31(36)33-23-21-32(22-24-33)28-14-10-11-15-30(28)37-2/h10-11,14-15,17,19,25-27,34H,3-9,12-13,16,18,20-24H2,1-2H3/t25-,26+,27-/m1/s1. The molecule has 3 atom stereocenters. The number of rotatable bonds is 15. The number of aliphatic hydroxyl groups excluding tert-OH is 1. The molecule has 0 bridgehead atoms. The summed E-state index contributed by atoms with van der Waals surface area (Å²) in [5.74, 6) is 1.92. The molecule has 37 heavy (non-hydrogen) atoms. The van der Waals surface area contributed by atoms with Crippen molar-refractivity contribution < 1.29 is 19.4 Å². The van der Waals surface area contributed by atoms with Crippen molar-refractivity contribution in [3.63, 3.8) is 0 Å². The van der Waals surface area contributed by atoms with E-state index in [1.165, 1.54) is 0 Å². The van der Waals surface area contributed by atoms with Gasteiger partial charge in [0, 0.05) is 44.9 Å². The number of benzene rings is 1. The van der Waals surface area contributed by atoms with Crippen molar-refractivity contribution in [3.8, 4) is 5.75 Å². The number of unbranched alkanes of at least 4 members (excludes halogenated alkanes) is 5. The van der Waals surface area contributed by atoms with Gasteiger partial charge in [-0.05, 0) is 43.7 Å². The number of carbonyl (C=O) groups excluding carboxylic acids is 2. The van der Waals surface area contributed by atoms with Crippen LogP contribution in [-0.4, -0.2) is 61.1 Å². The lowest BCUT2D eigenvalue weighted by atomic mass is 9.89. The number of hydrogen-bond acceptors (Lipinski definition) is 5. The average molecular weight is 513 g/mol. The number of hydrogen-bond donors (Lipinski definition) is 1. The van der Waals surface area contributed by atoms with E-state index in [0.29, 0.717) is 18.6 Å². The van der Waals surface area contributed by atoms with Crippen molar-refractivity contribution in [2.75, 3.05) is 38.2 Å². The Morgan fingerprint density at radius 2 is 1.84 bits per heavy atom. The van der Waals surface area contributed by atoms with Crippen LogP contribution >= 0.6 is 0 Å². The smallest absolute Gasteiger partial charge is 0.222 e. The van der Waals surface area contributed by atoms with Gasteiger partial charge in [0.25, 0.3) is 0 Å². The first kappa shape index (κ1) is 29.2. The van der Waals surface area contributed by atoms with Crippen LogP contribution in [0, 0.1) is 11.8 Å². The predicted octanol–water partition coefficient (Wildman–Crippen LogP) is 5.78. The number of aliphatic hydroxyl groups is 1. The SMILES string of the molecule is CCCCC[C@H](O)C=C[C@@H]1CCC(=O)[C@@H]1CCCCCCC(=O)N1CCN(c2ccccc2OC)CC1. The van der Waals surface area contributed by atoms with Gasteiger partial charge in [-0.25, -0.2) is 0 Å². The van der Waals surface area contributed by atoms with Gasteiger partial charge in [-0.15, -0.1) is 0 Å². The van der Waals surface area contributed by atoms with Crippen LogP contribution in [0.2, 0.25) is 0 Å². The highest BCUT2D eigenvalue weighted by Crippen LogP contribution is 2.34. The minimum Gasteiger partial charge on any atom is -0.495 e. The second-order valence-electron chi connectivity index (χ2n) is 10.7. The van der Waals surface area contributed by atoms with Gasteiger partial charge in [-0.2, -0.15) is 0 Å². The number of allylic oxidation sites excluding steroid dienone is 1. The Morgan fingerprint density at radius 3 is 2.59 bits per heavy atom. The Morgan fingerprint density at radius 1 is 1.08 bits per heavy atom. The number of piperazine rings is 1. The fraction of sp³-hybridized carbons (Fsp3) is 0.677. The van der Waals surface area contributed by atoms with Crippen LogP contribution < -0.4 is 9.64 Å². The lowest BCUT2D eigenvalue weighted by Crippen LogP contribution is -2.48. The zero-order chi connectivity index (χ0) is 26.5. The number of nitrogens with zero attached hydrogens (tertiary/aromatic N) is 2. The van der Waals surface area contributed by atoms with E-state index in [1.807, 2.05) is 29.2 Å². The topological polar surface area (TPSA) is 70.1 Å². The van der Waals surface area contributed by atoms with Crippen molar-refractivity contribution >= 4 is 17.4 Å². The number of ether oxygens (including phenoxy) is 1. The summed E-state index contributed by atoms with van der Waals surface area (Å²) < 4.78 is 5.49. The molecule has 1 aromatic carbocycles. The van der Waals surface area contributed by atoms with Gasteiger partial charge in [0.15, 0.2) is 0 Å². The molecular formula is C31H48N2O4. The van der Waals surface area contributed by atoms with E-state index >= 15 is 0 Å². The first-order valence-corrected chi connectivity index (χ1v) is 14.6. The van der Waals surface area contributed by atoms with Gasteiger partial charge < -0.3 is 19.6 Å². The number of ketones is 1. The Bertz CT molecular complexity index is 863. The Balaban J connectivity index is 1.29. The molecular weight excluding hydrogens is 464 g/mol. The summed E-state index contributed by atoms with van der Waals surface area (Å²) in [6, 6.07) is 8.05. The molecule has 2 fully saturated rings. The maximum Gasteiger partial charge on any atom is 0.222 e. The van der Waals surface area contributed by atoms with Crippen LogP contribution in [0.5, 0.6) is 5.75 Å². The van der Waals surface area contributed by atoms with Gasteiger partial charge in [0.2, 0.25) is 5.91 Å². The highest BCUT2D eigenvalue weighted by Gasteiger charge is 2.32. The molecule has 206 valence electrons. The van der Waals surface area contributed by atoms with Crippen LogP contribution in [-0.2, 0) is 9.59 Å². The third-order valence-corrected chi connectivity index (χ3v) is 8.05. The van der Waals surface area contributed by atoms with E-state index in [4.69, 9.17) is 4.74 Å². The van der Waals surface area contributed by atoms with Crippen molar-refractivity contribution in [1.29, 1.82) is 0 Å². The van der Waals surface area contributed by atoms with E-state index in [0.717, 1.165) is 102 Å². The minimum absolute atomic E-state index is 0.111. The fourth-order valence-electron chi connectivity index (χ4n) is 5.75. The van der Waals surface area contributed by atoms with Crippen LogP contribution in [0.15, 0.2) is 36.4 Å². The van der Waals surface area contributed by atoms with Crippen LogP contribution in [0.25, 0.3) is 0 Å². The summed E-state index contributed by atoms with van der Waals surface area (Å²) >= 11 is 0. The third kappa shape index (κ3) is 9.17. The number of amides is 1. The first-order chi connectivity index (χ1) is 18.0. The summed E-state index contributed by atoms with van der Waals surface area (Å²) in [7, 11) is 1.70. The second-order valence-corrected chi connectivity index (χ2v) is 10.7. The van der Waals surface area contributed by atoms with Crippen molar-refractivity contribution in [2.45, 2.75) is 90.1 Å². The molecule has 1 aromatic rings. The van der Waals surface area contributed by atoms with Crippen LogP contribution in [0.3, 0.4) is 0 Å². The largest absolute Gasteiger partial charge is 0.495 e. The first-order valence-electron chi connectivity index (χ1n) is 14.6. The number of para-hydroxylation sites is 2.